The predicted octanol–water partition coefficient (Wildman–Crippen LogP) is 2.41. The highest BCUT2D eigenvalue weighted by atomic mass is 32.2. The first-order valence-electron chi connectivity index (χ1n) is 7.37. The van der Waals surface area contributed by atoms with E-state index in [0.717, 1.165) is 30.1 Å². The molecular weight excluding hydrogens is 282 g/mol. The molecule has 1 fully saturated rings. The maximum absolute atomic E-state index is 12.5. The topological polar surface area (TPSA) is 58.4 Å². The molecule has 2 rings (SSSR count). The van der Waals surface area contributed by atoms with Gasteiger partial charge in [0.2, 0.25) is 5.91 Å². The zero-order valence-electron chi connectivity index (χ0n) is 13.1. The Bertz CT molecular complexity index is 508. The van der Waals surface area contributed by atoms with Gasteiger partial charge in [-0.3, -0.25) is 9.69 Å². The van der Waals surface area contributed by atoms with Crippen molar-refractivity contribution in [3.8, 4) is 0 Å². The molecule has 0 radical (unpaired) electrons. The maximum atomic E-state index is 12.5. The van der Waals surface area contributed by atoms with Crippen LogP contribution in [0.3, 0.4) is 0 Å². The van der Waals surface area contributed by atoms with E-state index in [-0.39, 0.29) is 17.4 Å². The van der Waals surface area contributed by atoms with Gasteiger partial charge in [-0.2, -0.15) is 0 Å². The van der Waals surface area contributed by atoms with Gasteiger partial charge in [-0.15, -0.1) is 11.8 Å². The Balaban J connectivity index is 2.00. The molecule has 0 aromatic heterocycles. The van der Waals surface area contributed by atoms with Crippen molar-refractivity contribution in [2.24, 2.45) is 11.1 Å². The van der Waals surface area contributed by atoms with Crippen molar-refractivity contribution >= 4 is 23.4 Å². The monoisotopic (exact) mass is 307 g/mol. The van der Waals surface area contributed by atoms with Gasteiger partial charge < -0.3 is 11.1 Å². The number of nitrogens with two attached hydrogens (primary N) is 1. The lowest BCUT2D eigenvalue weighted by Gasteiger charge is -2.26. The van der Waals surface area contributed by atoms with Crippen LogP contribution in [0.15, 0.2) is 29.2 Å². The fourth-order valence-corrected chi connectivity index (χ4v) is 3.26. The van der Waals surface area contributed by atoms with Crippen LogP contribution in [-0.4, -0.2) is 42.7 Å². The minimum atomic E-state index is -0.131. The molecule has 21 heavy (non-hydrogen) atoms. The van der Waals surface area contributed by atoms with Crippen molar-refractivity contribution in [2.75, 3.05) is 31.2 Å². The van der Waals surface area contributed by atoms with Gasteiger partial charge in [0.05, 0.1) is 11.7 Å². The SMILES string of the molecule is CSc1ccccc1NC(=O)C(C)N1CCC(C)(CN)C1. The van der Waals surface area contributed by atoms with Gasteiger partial charge in [0.15, 0.2) is 0 Å². The number of benzene rings is 1. The van der Waals surface area contributed by atoms with Crippen LogP contribution >= 0.6 is 11.8 Å². The van der Waals surface area contributed by atoms with E-state index in [1.165, 1.54) is 0 Å². The molecule has 2 atom stereocenters. The zero-order valence-corrected chi connectivity index (χ0v) is 13.9. The van der Waals surface area contributed by atoms with Gasteiger partial charge in [-0.1, -0.05) is 19.1 Å². The number of thioether (sulfide) groups is 1. The van der Waals surface area contributed by atoms with Crippen LogP contribution in [0.2, 0.25) is 0 Å². The van der Waals surface area contributed by atoms with Crippen molar-refractivity contribution in [2.45, 2.75) is 31.2 Å². The van der Waals surface area contributed by atoms with E-state index in [4.69, 9.17) is 5.73 Å². The van der Waals surface area contributed by atoms with Crippen LogP contribution in [-0.2, 0) is 4.79 Å². The summed E-state index contributed by atoms with van der Waals surface area (Å²) in [6, 6.07) is 7.77. The predicted molar refractivity (Wildman–Crippen MR) is 89.7 cm³/mol. The standard InChI is InChI=1S/C16H25N3OS/c1-12(19-9-8-16(2,10-17)11-19)15(20)18-13-6-4-5-7-14(13)21-3/h4-7,12H,8-11,17H2,1-3H3,(H,18,20). The Morgan fingerprint density at radius 1 is 1.52 bits per heavy atom. The van der Waals surface area contributed by atoms with E-state index < -0.39 is 0 Å². The molecule has 0 saturated carbocycles. The summed E-state index contributed by atoms with van der Waals surface area (Å²) in [4.78, 5) is 15.8. The fourth-order valence-electron chi connectivity index (χ4n) is 2.71. The average molecular weight is 307 g/mol. The molecule has 1 heterocycles. The molecule has 1 aliphatic rings. The van der Waals surface area contributed by atoms with E-state index in [0.29, 0.717) is 6.54 Å². The Labute approximate surface area is 131 Å². The molecule has 0 aliphatic carbocycles. The Kier molecular flexibility index (Phi) is 5.30. The Morgan fingerprint density at radius 2 is 2.24 bits per heavy atom. The third kappa shape index (κ3) is 3.78. The molecule has 2 unspecified atom stereocenters. The minimum absolute atomic E-state index is 0.0535. The molecule has 0 bridgehead atoms. The quantitative estimate of drug-likeness (QED) is 0.820. The summed E-state index contributed by atoms with van der Waals surface area (Å²) in [5.41, 5.74) is 6.87. The molecule has 116 valence electrons. The van der Waals surface area contributed by atoms with E-state index >= 15 is 0 Å². The highest BCUT2D eigenvalue weighted by Gasteiger charge is 2.36. The molecular formula is C16H25N3OS. The molecule has 1 aromatic carbocycles. The number of anilines is 1. The highest BCUT2D eigenvalue weighted by molar-refractivity contribution is 7.98. The van der Waals surface area contributed by atoms with E-state index in [2.05, 4.69) is 17.1 Å². The van der Waals surface area contributed by atoms with E-state index in [9.17, 15) is 4.79 Å². The number of nitrogens with zero attached hydrogens (tertiary/aromatic N) is 1. The number of hydrogen-bond donors (Lipinski definition) is 2. The van der Waals surface area contributed by atoms with Crippen molar-refractivity contribution in [1.29, 1.82) is 0 Å². The molecule has 1 amide bonds. The number of rotatable bonds is 5. The summed E-state index contributed by atoms with van der Waals surface area (Å²) in [7, 11) is 0. The van der Waals surface area contributed by atoms with Crippen LogP contribution in [0.4, 0.5) is 5.69 Å². The van der Waals surface area contributed by atoms with Crippen molar-refractivity contribution in [3.05, 3.63) is 24.3 Å². The Morgan fingerprint density at radius 3 is 2.86 bits per heavy atom. The maximum Gasteiger partial charge on any atom is 0.241 e. The van der Waals surface area contributed by atoms with Crippen molar-refractivity contribution in [3.63, 3.8) is 0 Å². The number of amides is 1. The number of carbonyl (C=O) groups excluding carboxylic acids is 1. The minimum Gasteiger partial charge on any atom is -0.330 e. The summed E-state index contributed by atoms with van der Waals surface area (Å²) in [6.45, 7) is 6.67. The lowest BCUT2D eigenvalue weighted by Crippen LogP contribution is -2.42. The molecule has 4 nitrogen and oxygen atoms in total. The summed E-state index contributed by atoms with van der Waals surface area (Å²) in [5.74, 6) is 0.0535. The first-order valence-corrected chi connectivity index (χ1v) is 8.59. The number of likely N-dealkylation sites (tertiary alicyclic amines) is 1. The zero-order chi connectivity index (χ0) is 15.5. The van der Waals surface area contributed by atoms with Crippen LogP contribution in [0.1, 0.15) is 20.3 Å². The summed E-state index contributed by atoms with van der Waals surface area (Å²) < 4.78 is 0. The fraction of sp³-hybridized carbons (Fsp3) is 0.562. The second-order valence-electron chi connectivity index (χ2n) is 6.10. The molecule has 1 aliphatic heterocycles. The third-order valence-electron chi connectivity index (χ3n) is 4.37. The number of para-hydroxylation sites is 1. The summed E-state index contributed by atoms with van der Waals surface area (Å²) in [6.07, 6.45) is 3.07. The molecule has 5 heteroatoms. The van der Waals surface area contributed by atoms with Gasteiger partial charge in [0.25, 0.3) is 0 Å². The van der Waals surface area contributed by atoms with Gasteiger partial charge in [0.1, 0.15) is 0 Å². The lowest BCUT2D eigenvalue weighted by molar-refractivity contribution is -0.120. The number of carbonyl (C=O) groups is 1. The van der Waals surface area contributed by atoms with E-state index in [1.807, 2.05) is 37.4 Å². The normalized spacial score (nSPS) is 24.0. The largest absolute Gasteiger partial charge is 0.330 e. The average Bonchev–Trinajstić information content (AvgIpc) is 2.90. The molecule has 1 saturated heterocycles. The number of hydrogen-bond acceptors (Lipinski definition) is 4. The van der Waals surface area contributed by atoms with Gasteiger partial charge in [0, 0.05) is 11.4 Å². The molecule has 3 N–H and O–H groups in total. The highest BCUT2D eigenvalue weighted by Crippen LogP contribution is 2.30. The van der Waals surface area contributed by atoms with Crippen LogP contribution < -0.4 is 11.1 Å². The smallest absolute Gasteiger partial charge is 0.241 e. The first-order chi connectivity index (χ1) is 9.99. The number of nitrogens with one attached hydrogen (secondary N) is 1. The molecule has 0 spiro atoms. The Hall–Kier alpha value is -1.04. The second-order valence-corrected chi connectivity index (χ2v) is 6.95. The third-order valence-corrected chi connectivity index (χ3v) is 5.17. The van der Waals surface area contributed by atoms with Gasteiger partial charge >= 0.3 is 0 Å². The summed E-state index contributed by atoms with van der Waals surface area (Å²) in [5, 5.41) is 3.05. The first kappa shape index (κ1) is 16.3. The van der Waals surface area contributed by atoms with Crippen molar-refractivity contribution < 1.29 is 4.79 Å². The van der Waals surface area contributed by atoms with Gasteiger partial charge in [-0.05, 0) is 50.2 Å². The van der Waals surface area contributed by atoms with Crippen LogP contribution in [0, 0.1) is 5.41 Å². The lowest BCUT2D eigenvalue weighted by atomic mass is 9.90. The summed E-state index contributed by atoms with van der Waals surface area (Å²) >= 11 is 1.64. The second kappa shape index (κ2) is 6.81. The molecule has 1 aromatic rings. The van der Waals surface area contributed by atoms with E-state index in [1.54, 1.807) is 11.8 Å². The van der Waals surface area contributed by atoms with Crippen LogP contribution in [0.5, 0.6) is 0 Å². The van der Waals surface area contributed by atoms with Gasteiger partial charge in [-0.25, -0.2) is 0 Å². The van der Waals surface area contributed by atoms with Crippen molar-refractivity contribution in [1.82, 2.24) is 4.90 Å². The van der Waals surface area contributed by atoms with Crippen LogP contribution in [0.25, 0.3) is 0 Å².